The Morgan fingerprint density at radius 2 is 1.95 bits per heavy atom. The molecule has 1 aliphatic heterocycles. The van der Waals surface area contributed by atoms with E-state index in [1.54, 1.807) is 29.2 Å². The highest BCUT2D eigenvalue weighted by atomic mass is 16.4. The van der Waals surface area contributed by atoms with Crippen molar-refractivity contribution in [1.82, 2.24) is 10.2 Å². The molecule has 1 aromatic rings. The third-order valence-corrected chi connectivity index (χ3v) is 3.24. The molecule has 0 spiro atoms. The number of benzene rings is 1. The van der Waals surface area contributed by atoms with E-state index < -0.39 is 5.97 Å². The summed E-state index contributed by atoms with van der Waals surface area (Å²) >= 11 is 0. The molecule has 0 saturated heterocycles. The van der Waals surface area contributed by atoms with Crippen molar-refractivity contribution >= 4 is 12.0 Å². The van der Waals surface area contributed by atoms with E-state index in [0.717, 1.165) is 18.5 Å². The first kappa shape index (κ1) is 14.1. The molecule has 0 unspecified atom stereocenters. The van der Waals surface area contributed by atoms with Crippen LogP contribution in [0.4, 0.5) is 4.79 Å². The van der Waals surface area contributed by atoms with Crippen molar-refractivity contribution in [3.8, 4) is 0 Å². The predicted molar refractivity (Wildman–Crippen MR) is 75.8 cm³/mol. The molecule has 0 fully saturated rings. The molecule has 0 saturated carbocycles. The molecule has 20 heavy (non-hydrogen) atoms. The first-order valence-corrected chi connectivity index (χ1v) is 6.67. The Labute approximate surface area is 117 Å². The van der Waals surface area contributed by atoms with Gasteiger partial charge in [0.15, 0.2) is 0 Å². The van der Waals surface area contributed by atoms with Crippen LogP contribution < -0.4 is 5.32 Å². The minimum Gasteiger partial charge on any atom is -0.478 e. The fraction of sp³-hybridized carbons (Fsp3) is 0.333. The quantitative estimate of drug-likeness (QED) is 0.824. The van der Waals surface area contributed by atoms with Gasteiger partial charge in [0.2, 0.25) is 0 Å². The van der Waals surface area contributed by atoms with E-state index in [0.29, 0.717) is 19.5 Å². The summed E-state index contributed by atoms with van der Waals surface area (Å²) in [6, 6.07) is 6.67. The Bertz CT molecular complexity index is 508. The lowest BCUT2D eigenvalue weighted by atomic mass is 10.1. The smallest absolute Gasteiger partial charge is 0.335 e. The SMILES string of the molecule is O=C(O)c1ccc(CCNC(=O)N2CC=CCC2)cc1. The summed E-state index contributed by atoms with van der Waals surface area (Å²) in [6.45, 7) is 1.97. The van der Waals surface area contributed by atoms with Gasteiger partial charge in [-0.25, -0.2) is 9.59 Å². The summed E-state index contributed by atoms with van der Waals surface area (Å²) in [5.74, 6) is -0.928. The van der Waals surface area contributed by atoms with Crippen LogP contribution in [0.5, 0.6) is 0 Å². The van der Waals surface area contributed by atoms with Gasteiger partial charge in [-0.1, -0.05) is 24.3 Å². The van der Waals surface area contributed by atoms with Gasteiger partial charge in [0.1, 0.15) is 0 Å². The lowest BCUT2D eigenvalue weighted by Crippen LogP contribution is -2.42. The average molecular weight is 274 g/mol. The van der Waals surface area contributed by atoms with Crippen LogP contribution in [0.25, 0.3) is 0 Å². The molecule has 0 aromatic heterocycles. The first-order valence-electron chi connectivity index (χ1n) is 6.67. The predicted octanol–water partition coefficient (Wildman–Crippen LogP) is 1.90. The first-order chi connectivity index (χ1) is 9.66. The molecule has 2 rings (SSSR count). The van der Waals surface area contributed by atoms with E-state index in [9.17, 15) is 9.59 Å². The van der Waals surface area contributed by atoms with Gasteiger partial charge in [0, 0.05) is 19.6 Å². The zero-order valence-electron chi connectivity index (χ0n) is 11.2. The second-order valence-corrected chi connectivity index (χ2v) is 4.69. The van der Waals surface area contributed by atoms with Gasteiger partial charge < -0.3 is 15.3 Å². The van der Waals surface area contributed by atoms with Crippen molar-refractivity contribution in [3.05, 3.63) is 47.5 Å². The number of amides is 2. The number of hydrogen-bond donors (Lipinski definition) is 2. The second-order valence-electron chi connectivity index (χ2n) is 4.69. The van der Waals surface area contributed by atoms with E-state index in [-0.39, 0.29) is 11.6 Å². The summed E-state index contributed by atoms with van der Waals surface area (Å²) in [4.78, 5) is 24.3. The van der Waals surface area contributed by atoms with Crippen LogP contribution in [0.3, 0.4) is 0 Å². The average Bonchev–Trinajstić information content (AvgIpc) is 2.48. The van der Waals surface area contributed by atoms with Crippen LogP contribution in [0.15, 0.2) is 36.4 Å². The summed E-state index contributed by atoms with van der Waals surface area (Å²) in [7, 11) is 0. The van der Waals surface area contributed by atoms with Crippen LogP contribution >= 0.6 is 0 Å². The summed E-state index contributed by atoms with van der Waals surface area (Å²) in [5, 5.41) is 11.7. The standard InChI is InChI=1S/C15H18N2O3/c18-14(19)13-6-4-12(5-7-13)8-9-16-15(20)17-10-2-1-3-11-17/h1-2,4-7H,3,8-11H2,(H,16,20)(H,18,19). The molecule has 5 heteroatoms. The second kappa shape index (κ2) is 6.75. The number of hydrogen-bond acceptors (Lipinski definition) is 2. The Kier molecular flexibility index (Phi) is 4.76. The monoisotopic (exact) mass is 274 g/mol. The molecule has 0 aliphatic carbocycles. The number of carboxylic acids is 1. The van der Waals surface area contributed by atoms with E-state index >= 15 is 0 Å². The van der Waals surface area contributed by atoms with Crippen molar-refractivity contribution in [1.29, 1.82) is 0 Å². The fourth-order valence-corrected chi connectivity index (χ4v) is 2.07. The molecule has 1 aliphatic rings. The van der Waals surface area contributed by atoms with Gasteiger partial charge in [-0.05, 0) is 30.5 Å². The topological polar surface area (TPSA) is 69.6 Å². The maximum Gasteiger partial charge on any atom is 0.335 e. The van der Waals surface area contributed by atoms with Gasteiger partial charge >= 0.3 is 12.0 Å². The largest absolute Gasteiger partial charge is 0.478 e. The Morgan fingerprint density at radius 1 is 1.20 bits per heavy atom. The van der Waals surface area contributed by atoms with Crippen molar-refractivity contribution in [3.63, 3.8) is 0 Å². The molecule has 0 atom stereocenters. The number of rotatable bonds is 4. The van der Waals surface area contributed by atoms with E-state index in [1.165, 1.54) is 0 Å². The van der Waals surface area contributed by atoms with Crippen molar-refractivity contribution < 1.29 is 14.7 Å². The van der Waals surface area contributed by atoms with Gasteiger partial charge in [-0.2, -0.15) is 0 Å². The number of aromatic carboxylic acids is 1. The molecule has 5 nitrogen and oxygen atoms in total. The number of nitrogens with one attached hydrogen (secondary N) is 1. The molecule has 106 valence electrons. The van der Waals surface area contributed by atoms with Gasteiger partial charge in [-0.3, -0.25) is 0 Å². The third kappa shape index (κ3) is 3.85. The molecule has 2 amide bonds. The number of urea groups is 1. The zero-order valence-corrected chi connectivity index (χ0v) is 11.2. The molecular weight excluding hydrogens is 256 g/mol. The number of nitrogens with zero attached hydrogens (tertiary/aromatic N) is 1. The Morgan fingerprint density at radius 3 is 2.55 bits per heavy atom. The van der Waals surface area contributed by atoms with Gasteiger partial charge in [-0.15, -0.1) is 0 Å². The molecule has 0 radical (unpaired) electrons. The lowest BCUT2D eigenvalue weighted by molar-refractivity contribution is 0.0697. The van der Waals surface area contributed by atoms with E-state index in [4.69, 9.17) is 5.11 Å². The molecule has 2 N–H and O–H groups in total. The fourth-order valence-electron chi connectivity index (χ4n) is 2.07. The van der Waals surface area contributed by atoms with Crippen LogP contribution in [-0.4, -0.2) is 41.6 Å². The highest BCUT2D eigenvalue weighted by molar-refractivity contribution is 5.87. The van der Waals surface area contributed by atoms with Crippen LogP contribution in [0.1, 0.15) is 22.3 Å². The minimum absolute atomic E-state index is 0.0449. The Balaban J connectivity index is 1.76. The van der Waals surface area contributed by atoms with Crippen molar-refractivity contribution in [2.45, 2.75) is 12.8 Å². The molecule has 0 bridgehead atoms. The van der Waals surface area contributed by atoms with Crippen molar-refractivity contribution in [2.24, 2.45) is 0 Å². The maximum atomic E-state index is 11.8. The van der Waals surface area contributed by atoms with E-state index in [1.807, 2.05) is 6.08 Å². The number of carboxylic acid groups (broad SMARTS) is 1. The van der Waals surface area contributed by atoms with Crippen molar-refractivity contribution in [2.75, 3.05) is 19.6 Å². The highest BCUT2D eigenvalue weighted by Gasteiger charge is 2.12. The Hall–Kier alpha value is -2.30. The number of carbonyl (C=O) groups excluding carboxylic acids is 1. The molecule has 1 aromatic carbocycles. The summed E-state index contributed by atoms with van der Waals surface area (Å²) in [6.07, 6.45) is 5.67. The highest BCUT2D eigenvalue weighted by Crippen LogP contribution is 2.05. The van der Waals surface area contributed by atoms with Gasteiger partial charge in [0.05, 0.1) is 5.56 Å². The minimum atomic E-state index is -0.928. The maximum absolute atomic E-state index is 11.8. The summed E-state index contributed by atoms with van der Waals surface area (Å²) < 4.78 is 0. The third-order valence-electron chi connectivity index (χ3n) is 3.24. The van der Waals surface area contributed by atoms with Gasteiger partial charge in [0.25, 0.3) is 0 Å². The molecular formula is C15H18N2O3. The van der Waals surface area contributed by atoms with Crippen LogP contribution in [0, 0.1) is 0 Å². The number of carbonyl (C=O) groups is 2. The van der Waals surface area contributed by atoms with Crippen LogP contribution in [0.2, 0.25) is 0 Å². The zero-order chi connectivity index (χ0) is 14.4. The van der Waals surface area contributed by atoms with E-state index in [2.05, 4.69) is 11.4 Å². The lowest BCUT2D eigenvalue weighted by Gasteiger charge is -2.23. The normalized spacial score (nSPS) is 14.1. The van der Waals surface area contributed by atoms with Crippen LogP contribution in [-0.2, 0) is 6.42 Å². The molecule has 1 heterocycles. The summed E-state index contributed by atoms with van der Waals surface area (Å²) in [5.41, 5.74) is 1.28.